The van der Waals surface area contributed by atoms with E-state index in [0.29, 0.717) is 12.8 Å². The van der Waals surface area contributed by atoms with Gasteiger partial charge >= 0.3 is 17.9 Å². The molecule has 6 nitrogen and oxygen atoms in total. The number of hydrogen-bond acceptors (Lipinski definition) is 6. The Morgan fingerprint density at radius 1 is 0.272 bits per heavy atom. The molecule has 0 aromatic heterocycles. The van der Waals surface area contributed by atoms with Crippen LogP contribution in [0.3, 0.4) is 0 Å². The number of unbranched alkanes of at least 4 members (excludes halogenated alkanes) is 37. The Kier molecular flexibility index (Phi) is 65.7. The van der Waals surface area contributed by atoms with Crippen LogP contribution in [0, 0.1) is 0 Å². The lowest BCUT2D eigenvalue weighted by Gasteiger charge is -2.18. The number of hydrogen-bond donors (Lipinski definition) is 0. The van der Waals surface area contributed by atoms with E-state index in [-0.39, 0.29) is 31.6 Å². The van der Waals surface area contributed by atoms with Gasteiger partial charge in [-0.25, -0.2) is 0 Å². The molecule has 0 radical (unpaired) electrons. The van der Waals surface area contributed by atoms with Crippen molar-refractivity contribution in [1.82, 2.24) is 0 Å². The third-order valence-corrected chi connectivity index (χ3v) is 15.1. The molecule has 0 amide bonds. The molecule has 0 aliphatic heterocycles. The monoisotopic (exact) mass is 1130 g/mol. The molecule has 466 valence electrons. The van der Waals surface area contributed by atoms with E-state index < -0.39 is 12.1 Å². The summed E-state index contributed by atoms with van der Waals surface area (Å²) in [6.45, 7) is 6.47. The van der Waals surface area contributed by atoms with Crippen molar-refractivity contribution in [1.29, 1.82) is 0 Å². The highest BCUT2D eigenvalue weighted by molar-refractivity contribution is 5.72. The zero-order chi connectivity index (χ0) is 58.5. The van der Waals surface area contributed by atoms with Gasteiger partial charge in [-0.05, 0) is 103 Å². The van der Waals surface area contributed by atoms with Gasteiger partial charge in [0, 0.05) is 12.8 Å². The van der Waals surface area contributed by atoms with Gasteiger partial charge in [-0.2, -0.15) is 0 Å². The first kappa shape index (κ1) is 77.3. The molecule has 0 bridgehead atoms. The lowest BCUT2D eigenvalue weighted by atomic mass is 10.0. The predicted molar refractivity (Wildman–Crippen MR) is 353 cm³/mol. The van der Waals surface area contributed by atoms with Crippen LogP contribution in [0.1, 0.15) is 342 Å². The first-order valence-corrected chi connectivity index (χ1v) is 34.7. The van der Waals surface area contributed by atoms with Crippen molar-refractivity contribution >= 4 is 17.9 Å². The number of ether oxygens (including phenoxy) is 3. The fourth-order valence-electron chi connectivity index (χ4n) is 9.90. The normalized spacial score (nSPS) is 12.7. The van der Waals surface area contributed by atoms with Gasteiger partial charge in [0.2, 0.25) is 0 Å². The predicted octanol–water partition coefficient (Wildman–Crippen LogP) is 24.0. The van der Waals surface area contributed by atoms with Gasteiger partial charge in [0.1, 0.15) is 13.2 Å². The van der Waals surface area contributed by atoms with Crippen LogP contribution in [0.5, 0.6) is 0 Å². The second kappa shape index (κ2) is 68.8. The number of esters is 3. The highest BCUT2D eigenvalue weighted by atomic mass is 16.6. The molecule has 1 unspecified atom stereocenters. The Labute approximate surface area is 502 Å². The Balaban J connectivity index is 4.37. The van der Waals surface area contributed by atoms with Gasteiger partial charge in [0.05, 0.1) is 6.42 Å². The van der Waals surface area contributed by atoms with Crippen LogP contribution in [-0.4, -0.2) is 37.2 Å². The molecule has 0 fully saturated rings. The van der Waals surface area contributed by atoms with E-state index in [1.807, 2.05) is 6.08 Å². The molecular weight excluding hydrogens is 997 g/mol. The number of rotatable bonds is 63. The van der Waals surface area contributed by atoms with Crippen LogP contribution < -0.4 is 0 Å². The minimum absolute atomic E-state index is 0.106. The Morgan fingerprint density at radius 3 is 0.877 bits per heavy atom. The summed E-state index contributed by atoms with van der Waals surface area (Å²) in [5, 5.41) is 0. The van der Waals surface area contributed by atoms with E-state index in [0.717, 1.165) is 77.0 Å². The molecule has 6 heteroatoms. The van der Waals surface area contributed by atoms with E-state index in [2.05, 4.69) is 106 Å². The largest absolute Gasteiger partial charge is 0.462 e. The van der Waals surface area contributed by atoms with E-state index in [9.17, 15) is 14.4 Å². The lowest BCUT2D eigenvalue weighted by Crippen LogP contribution is -2.30. The summed E-state index contributed by atoms with van der Waals surface area (Å²) in [5.74, 6) is -1.03. The highest BCUT2D eigenvalue weighted by Crippen LogP contribution is 2.17. The van der Waals surface area contributed by atoms with Gasteiger partial charge in [0.15, 0.2) is 6.10 Å². The van der Waals surface area contributed by atoms with Crippen molar-refractivity contribution < 1.29 is 28.6 Å². The van der Waals surface area contributed by atoms with Crippen LogP contribution in [0.25, 0.3) is 0 Å². The fraction of sp³-hybridized carbons (Fsp3) is 0.747. The minimum Gasteiger partial charge on any atom is -0.462 e. The van der Waals surface area contributed by atoms with Crippen molar-refractivity contribution in [2.75, 3.05) is 13.2 Å². The van der Waals surface area contributed by atoms with E-state index >= 15 is 0 Å². The summed E-state index contributed by atoms with van der Waals surface area (Å²) in [7, 11) is 0. The number of carbonyl (C=O) groups is 3. The Hall–Kier alpha value is -3.67. The zero-order valence-electron chi connectivity index (χ0n) is 53.5. The summed E-state index contributed by atoms with van der Waals surface area (Å²) in [5.41, 5.74) is 0. The molecule has 81 heavy (non-hydrogen) atoms. The average molecular weight is 1130 g/mol. The van der Waals surface area contributed by atoms with Gasteiger partial charge in [0.25, 0.3) is 0 Å². The Bertz CT molecular complexity index is 1580. The average Bonchev–Trinajstić information content (AvgIpc) is 3.47. The van der Waals surface area contributed by atoms with Gasteiger partial charge in [-0.15, -0.1) is 0 Å². The molecule has 0 aromatic carbocycles. The van der Waals surface area contributed by atoms with Crippen LogP contribution >= 0.6 is 0 Å². The SMILES string of the molecule is CC/C=C\C/C=C\C/C=C\C/C=C\C/C=C\CC(=O)OCC(COC(=O)CCCCCCCCCCCCCCC/C=C\C/C=C\CCCCCCC)OC(=O)CCCCCCCCCCCCC/C=C\CCCCCCCCCC. The molecule has 0 saturated carbocycles. The van der Waals surface area contributed by atoms with Crippen molar-refractivity contribution in [3.63, 3.8) is 0 Å². The molecule has 1 atom stereocenters. The third-order valence-electron chi connectivity index (χ3n) is 15.1. The molecule has 0 aromatic rings. The standard InChI is InChI=1S/C75H130O6/c1-4-7-10-13-16-19-22-25-28-30-32-34-36-37-39-40-42-44-47-50-53-56-59-62-65-68-74(77)80-71-72(70-79-73(76)67-64-61-58-55-52-49-46-27-24-21-18-15-12-9-6-3)81-75(78)69-66-63-60-57-54-51-48-45-43-41-38-35-33-31-29-26-23-20-17-14-11-8-5-2/h9,12,18,21-22,25,27,30-33,46,52,55,61,64,72H,4-8,10-11,13-17,19-20,23-24,26,28-29,34-45,47-51,53-54,56-60,62-63,65-71H2,1-3H3/b12-9-,21-18-,25-22-,32-30-,33-31-,46-27-,55-52-,64-61-. The molecule has 0 rings (SSSR count). The molecule has 0 heterocycles. The van der Waals surface area contributed by atoms with Crippen LogP contribution in [0.4, 0.5) is 0 Å². The highest BCUT2D eigenvalue weighted by Gasteiger charge is 2.19. The van der Waals surface area contributed by atoms with E-state index in [1.165, 1.54) is 225 Å². The molecule has 0 aliphatic rings. The first-order chi connectivity index (χ1) is 40.0. The quantitative estimate of drug-likeness (QED) is 0.0261. The zero-order valence-corrected chi connectivity index (χ0v) is 53.5. The van der Waals surface area contributed by atoms with Gasteiger partial charge in [-0.1, -0.05) is 317 Å². The first-order valence-electron chi connectivity index (χ1n) is 34.7. The fourth-order valence-corrected chi connectivity index (χ4v) is 9.90. The third kappa shape index (κ3) is 67.0. The summed E-state index contributed by atoms with van der Waals surface area (Å²) in [6.07, 6.45) is 93.2. The molecular formula is C75H130O6. The van der Waals surface area contributed by atoms with Crippen molar-refractivity contribution in [2.24, 2.45) is 0 Å². The lowest BCUT2D eigenvalue weighted by molar-refractivity contribution is -0.166. The maximum absolute atomic E-state index is 12.9. The topological polar surface area (TPSA) is 78.9 Å². The molecule has 0 saturated heterocycles. The second-order valence-electron chi connectivity index (χ2n) is 23.1. The smallest absolute Gasteiger partial charge is 0.309 e. The maximum atomic E-state index is 12.9. The second-order valence-corrected chi connectivity index (χ2v) is 23.1. The van der Waals surface area contributed by atoms with E-state index in [1.54, 1.807) is 6.08 Å². The van der Waals surface area contributed by atoms with Crippen LogP contribution in [0.15, 0.2) is 97.2 Å². The number of allylic oxidation sites excluding steroid dienone is 15. The molecule has 0 N–H and O–H groups in total. The summed E-state index contributed by atoms with van der Waals surface area (Å²) >= 11 is 0. The minimum atomic E-state index is -0.820. The van der Waals surface area contributed by atoms with E-state index in [4.69, 9.17) is 14.2 Å². The summed E-state index contributed by atoms with van der Waals surface area (Å²) < 4.78 is 16.9. The van der Waals surface area contributed by atoms with Crippen LogP contribution in [0.2, 0.25) is 0 Å². The van der Waals surface area contributed by atoms with Gasteiger partial charge < -0.3 is 14.2 Å². The van der Waals surface area contributed by atoms with Crippen molar-refractivity contribution in [3.05, 3.63) is 97.2 Å². The van der Waals surface area contributed by atoms with Crippen LogP contribution in [-0.2, 0) is 28.6 Å². The van der Waals surface area contributed by atoms with Crippen molar-refractivity contribution in [3.8, 4) is 0 Å². The number of carbonyl (C=O) groups excluding carboxylic acids is 3. The van der Waals surface area contributed by atoms with Gasteiger partial charge in [-0.3, -0.25) is 14.4 Å². The molecule has 0 aliphatic carbocycles. The Morgan fingerprint density at radius 2 is 0.531 bits per heavy atom. The summed E-state index contributed by atoms with van der Waals surface area (Å²) in [6, 6.07) is 0. The summed E-state index contributed by atoms with van der Waals surface area (Å²) in [4.78, 5) is 38.4. The maximum Gasteiger partial charge on any atom is 0.309 e. The molecule has 0 spiro atoms. The van der Waals surface area contributed by atoms with Crippen molar-refractivity contribution in [2.45, 2.75) is 348 Å².